The molecule has 0 bridgehead atoms. The fourth-order valence-electron chi connectivity index (χ4n) is 4.08. The van der Waals surface area contributed by atoms with Gasteiger partial charge in [0, 0.05) is 25.8 Å². The molecule has 1 atom stereocenters. The highest BCUT2D eigenvalue weighted by atomic mass is 35.5. The van der Waals surface area contributed by atoms with Gasteiger partial charge in [-0.1, -0.05) is 18.0 Å². The van der Waals surface area contributed by atoms with Gasteiger partial charge < -0.3 is 4.57 Å². The van der Waals surface area contributed by atoms with E-state index in [0.717, 1.165) is 50.4 Å². The quantitative estimate of drug-likeness (QED) is 0.697. The van der Waals surface area contributed by atoms with Gasteiger partial charge in [-0.05, 0) is 43.9 Å². The van der Waals surface area contributed by atoms with Crippen LogP contribution in [0.25, 0.3) is 0 Å². The Labute approximate surface area is 175 Å². The summed E-state index contributed by atoms with van der Waals surface area (Å²) in [6, 6.07) is 3.35. The highest BCUT2D eigenvalue weighted by molar-refractivity contribution is 7.91. The van der Waals surface area contributed by atoms with Gasteiger partial charge in [-0.15, -0.1) is 10.2 Å². The number of halogens is 1. The maximum Gasteiger partial charge on any atom is 0.245 e. The maximum atomic E-state index is 13.5. The minimum Gasteiger partial charge on any atom is -0.314 e. The van der Waals surface area contributed by atoms with Crippen molar-refractivity contribution in [2.24, 2.45) is 0 Å². The summed E-state index contributed by atoms with van der Waals surface area (Å²) in [5, 5.41) is 8.64. The lowest BCUT2D eigenvalue weighted by Gasteiger charge is -2.24. The molecule has 8 nitrogen and oxygen atoms in total. The molecule has 1 aromatic carbocycles. The van der Waals surface area contributed by atoms with Gasteiger partial charge in [0.25, 0.3) is 0 Å². The second kappa shape index (κ2) is 7.64. The van der Waals surface area contributed by atoms with E-state index in [2.05, 4.69) is 14.8 Å². The van der Waals surface area contributed by atoms with E-state index in [9.17, 15) is 16.8 Å². The summed E-state index contributed by atoms with van der Waals surface area (Å²) in [7, 11) is -7.57. The fraction of sp³-hybridized carbons (Fsp3) is 0.556. The van der Waals surface area contributed by atoms with E-state index in [1.165, 1.54) is 16.4 Å². The summed E-state index contributed by atoms with van der Waals surface area (Å²) in [6.07, 6.45) is 6.39. The van der Waals surface area contributed by atoms with Crippen molar-refractivity contribution in [2.75, 3.05) is 12.8 Å². The molecule has 1 aromatic heterocycles. The van der Waals surface area contributed by atoms with E-state index in [4.69, 9.17) is 11.6 Å². The molecule has 4 rings (SSSR count). The maximum absolute atomic E-state index is 13.5. The molecule has 0 amide bonds. The number of nitrogens with zero attached hydrogens (tertiary/aromatic N) is 4. The predicted octanol–water partition coefficient (Wildman–Crippen LogP) is 2.59. The van der Waals surface area contributed by atoms with Crippen LogP contribution in [0, 0.1) is 0 Å². The second-order valence-electron chi connectivity index (χ2n) is 7.57. The number of hydrogen-bond donors (Lipinski definition) is 0. The van der Waals surface area contributed by atoms with Gasteiger partial charge in [-0.3, -0.25) is 0 Å². The van der Waals surface area contributed by atoms with Crippen LogP contribution in [-0.4, -0.2) is 48.7 Å². The first-order chi connectivity index (χ1) is 13.7. The van der Waals surface area contributed by atoms with Gasteiger partial charge in [0.1, 0.15) is 10.7 Å². The smallest absolute Gasteiger partial charge is 0.245 e. The second-order valence-corrected chi connectivity index (χ2v) is 11.9. The van der Waals surface area contributed by atoms with Crippen molar-refractivity contribution < 1.29 is 16.8 Å². The van der Waals surface area contributed by atoms with Gasteiger partial charge in [0.05, 0.1) is 16.0 Å². The first-order valence-electron chi connectivity index (χ1n) is 9.63. The molecule has 29 heavy (non-hydrogen) atoms. The van der Waals surface area contributed by atoms with E-state index in [0.29, 0.717) is 25.2 Å². The zero-order valence-corrected chi connectivity index (χ0v) is 18.5. The molecule has 0 N–H and O–H groups in total. The van der Waals surface area contributed by atoms with Crippen molar-refractivity contribution in [2.45, 2.75) is 60.9 Å². The van der Waals surface area contributed by atoms with Gasteiger partial charge in [-0.25, -0.2) is 16.8 Å². The Morgan fingerprint density at radius 2 is 1.83 bits per heavy atom. The van der Waals surface area contributed by atoms with Gasteiger partial charge in [0.2, 0.25) is 10.0 Å². The Balaban J connectivity index is 1.75. The number of sulfone groups is 1. The molecule has 1 unspecified atom stereocenters. The van der Waals surface area contributed by atoms with Crippen molar-refractivity contribution in [3.63, 3.8) is 0 Å². The summed E-state index contributed by atoms with van der Waals surface area (Å²) in [6.45, 7) is 1.11. The van der Waals surface area contributed by atoms with Crippen LogP contribution < -0.4 is 0 Å². The average Bonchev–Trinajstić information content (AvgIpc) is 3.22. The van der Waals surface area contributed by atoms with Crippen molar-refractivity contribution >= 4 is 31.5 Å². The third kappa shape index (κ3) is 3.83. The zero-order valence-electron chi connectivity index (χ0n) is 16.1. The molecule has 3 heterocycles. The Morgan fingerprint density at radius 1 is 1.03 bits per heavy atom. The van der Waals surface area contributed by atoms with Crippen LogP contribution in [0.5, 0.6) is 0 Å². The average molecular weight is 459 g/mol. The van der Waals surface area contributed by atoms with E-state index in [1.807, 2.05) is 0 Å². The van der Waals surface area contributed by atoms with Crippen molar-refractivity contribution in [1.29, 1.82) is 0 Å². The van der Waals surface area contributed by atoms with Crippen LogP contribution in [0.2, 0.25) is 5.02 Å². The van der Waals surface area contributed by atoms with Gasteiger partial charge in [-0.2, -0.15) is 4.31 Å². The van der Waals surface area contributed by atoms with Crippen LogP contribution in [0.3, 0.4) is 0 Å². The first kappa shape index (κ1) is 20.8. The summed E-state index contributed by atoms with van der Waals surface area (Å²) in [4.78, 5) is -0.267. The van der Waals surface area contributed by atoms with Crippen LogP contribution in [0.15, 0.2) is 28.0 Å². The van der Waals surface area contributed by atoms with Gasteiger partial charge in [0.15, 0.2) is 15.7 Å². The molecule has 158 valence electrons. The molecule has 1 saturated heterocycles. The highest BCUT2D eigenvalue weighted by Crippen LogP contribution is 2.38. The number of hydrogen-bond acceptors (Lipinski definition) is 6. The normalized spacial score (nSPS) is 21.1. The molecular formula is C18H23ClN4O4S2. The Kier molecular flexibility index (Phi) is 5.47. The van der Waals surface area contributed by atoms with E-state index >= 15 is 0 Å². The molecule has 2 aromatic rings. The number of aryl methyl sites for hydroxylation is 1. The lowest BCUT2D eigenvalue weighted by atomic mass is 10.2. The minimum absolute atomic E-state index is 0.00289. The Bertz CT molecular complexity index is 1140. The van der Waals surface area contributed by atoms with Gasteiger partial charge >= 0.3 is 0 Å². The van der Waals surface area contributed by atoms with E-state index < -0.39 is 25.9 Å². The van der Waals surface area contributed by atoms with Crippen molar-refractivity contribution in [1.82, 2.24) is 19.1 Å². The summed E-state index contributed by atoms with van der Waals surface area (Å²) >= 11 is 6.18. The predicted molar refractivity (Wildman–Crippen MR) is 108 cm³/mol. The molecule has 2 aliphatic heterocycles. The number of sulfonamides is 1. The number of benzene rings is 1. The molecule has 11 heteroatoms. The van der Waals surface area contributed by atoms with E-state index in [-0.39, 0.29) is 14.8 Å². The summed E-state index contributed by atoms with van der Waals surface area (Å²) < 4.78 is 54.2. The van der Waals surface area contributed by atoms with Crippen LogP contribution in [0.1, 0.15) is 49.8 Å². The lowest BCUT2D eigenvalue weighted by molar-refractivity contribution is 0.370. The number of aromatic nitrogens is 3. The highest BCUT2D eigenvalue weighted by Gasteiger charge is 2.40. The van der Waals surface area contributed by atoms with Crippen LogP contribution in [0.4, 0.5) is 0 Å². The largest absolute Gasteiger partial charge is 0.314 e. The molecule has 1 fully saturated rings. The standard InChI is InChI=1S/C18H23ClN4O4S2/c1-28(24,25)13-8-9-14(19)16(12-13)29(26,27)23-11-5-6-15(23)18-21-20-17-7-3-2-4-10-22(17)18/h8-9,12,15H,2-7,10-11H2,1H3. The monoisotopic (exact) mass is 458 g/mol. The molecule has 0 saturated carbocycles. The number of fused-ring (bicyclic) bond motifs is 1. The molecule has 2 aliphatic rings. The minimum atomic E-state index is -4.01. The van der Waals surface area contributed by atoms with Crippen molar-refractivity contribution in [3.05, 3.63) is 34.9 Å². The molecular weight excluding hydrogens is 436 g/mol. The molecule has 0 radical (unpaired) electrons. The summed E-state index contributed by atoms with van der Waals surface area (Å²) in [5.74, 6) is 1.57. The number of rotatable bonds is 4. The van der Waals surface area contributed by atoms with Crippen LogP contribution in [-0.2, 0) is 32.8 Å². The Hall–Kier alpha value is -1.49. The first-order valence-corrected chi connectivity index (χ1v) is 13.3. The van der Waals surface area contributed by atoms with Crippen LogP contribution >= 0.6 is 11.6 Å². The fourth-order valence-corrected chi connectivity index (χ4v) is 6.96. The topological polar surface area (TPSA) is 102 Å². The Morgan fingerprint density at radius 3 is 2.59 bits per heavy atom. The van der Waals surface area contributed by atoms with E-state index in [1.54, 1.807) is 0 Å². The van der Waals surface area contributed by atoms with Crippen molar-refractivity contribution in [3.8, 4) is 0 Å². The lowest BCUT2D eigenvalue weighted by Crippen LogP contribution is -2.32. The third-order valence-corrected chi connectivity index (χ3v) is 9.06. The molecule has 0 aliphatic carbocycles. The SMILES string of the molecule is CS(=O)(=O)c1ccc(Cl)c(S(=O)(=O)N2CCCC2c2nnc3n2CCCCC3)c1. The zero-order chi connectivity index (χ0) is 20.8. The third-order valence-electron chi connectivity index (χ3n) is 5.56. The summed E-state index contributed by atoms with van der Waals surface area (Å²) in [5.41, 5.74) is 0. The molecule has 0 spiro atoms.